The molecule has 8 nitrogen and oxygen atoms in total. The van der Waals surface area contributed by atoms with Gasteiger partial charge in [0, 0.05) is 0 Å². The highest BCUT2D eigenvalue weighted by atomic mass is 32.2. The van der Waals surface area contributed by atoms with Crippen molar-refractivity contribution in [2.24, 2.45) is 0 Å². The van der Waals surface area contributed by atoms with Crippen LogP contribution in [0.25, 0.3) is 0 Å². The topological polar surface area (TPSA) is 145 Å². The lowest BCUT2D eigenvalue weighted by Gasteiger charge is -2.40. The van der Waals surface area contributed by atoms with Crippen molar-refractivity contribution >= 4 is 10.1 Å². The number of unbranched alkanes of at least 4 members (excludes halogenated alkanes) is 1. The maximum atomic E-state index is 10.5. The molecule has 5 N–H and O–H groups in total. The minimum Gasteiger partial charge on any atom is -0.394 e. The van der Waals surface area contributed by atoms with E-state index in [4.69, 9.17) is 14.4 Å². The molecule has 1 heterocycles. The monoisotopic (exact) mass is 300 g/mol. The van der Waals surface area contributed by atoms with Crippen molar-refractivity contribution in [3.05, 3.63) is 0 Å². The summed E-state index contributed by atoms with van der Waals surface area (Å²) in [6.45, 7) is -0.494. The van der Waals surface area contributed by atoms with Crippen LogP contribution in [-0.2, 0) is 14.9 Å². The highest BCUT2D eigenvalue weighted by molar-refractivity contribution is 7.85. The van der Waals surface area contributed by atoms with E-state index in [1.807, 2.05) is 0 Å². The molecule has 1 unspecified atom stereocenters. The summed E-state index contributed by atoms with van der Waals surface area (Å²) < 4.78 is 34.8. The third-order valence-electron chi connectivity index (χ3n) is 3.13. The summed E-state index contributed by atoms with van der Waals surface area (Å²) in [6, 6.07) is 0. The highest BCUT2D eigenvalue weighted by Gasteiger charge is 2.42. The van der Waals surface area contributed by atoms with Gasteiger partial charge in [-0.15, -0.1) is 0 Å². The minimum atomic E-state index is -4.01. The standard InChI is InChI=1S/C10H20O8S/c11-5-7-9(13)10(14)8(12)6(18-7)3-1-2-4-19(15,16)17/h6-14H,1-5H2,(H,15,16,17)/t6?,7-,8+,9-,10-/m1/s1. The van der Waals surface area contributed by atoms with Crippen LogP contribution < -0.4 is 0 Å². The molecule has 19 heavy (non-hydrogen) atoms. The van der Waals surface area contributed by atoms with Crippen molar-refractivity contribution < 1.29 is 38.1 Å². The van der Waals surface area contributed by atoms with E-state index < -0.39 is 47.2 Å². The molecule has 0 radical (unpaired) electrons. The average molecular weight is 300 g/mol. The molecule has 0 aromatic rings. The third kappa shape index (κ3) is 4.95. The number of aliphatic hydroxyl groups excluding tert-OH is 4. The van der Waals surface area contributed by atoms with Crippen LogP contribution >= 0.6 is 0 Å². The first-order valence-electron chi connectivity index (χ1n) is 6.02. The summed E-state index contributed by atoms with van der Waals surface area (Å²) in [5, 5.41) is 37.7. The Morgan fingerprint density at radius 3 is 2.05 bits per heavy atom. The Morgan fingerprint density at radius 2 is 1.53 bits per heavy atom. The Balaban J connectivity index is 2.44. The zero-order valence-corrected chi connectivity index (χ0v) is 11.1. The first-order valence-corrected chi connectivity index (χ1v) is 7.63. The van der Waals surface area contributed by atoms with Gasteiger partial charge in [-0.05, 0) is 19.3 Å². The van der Waals surface area contributed by atoms with Crippen LogP contribution in [0.2, 0.25) is 0 Å². The second-order valence-corrected chi connectivity index (χ2v) is 6.22. The second kappa shape index (κ2) is 6.93. The summed E-state index contributed by atoms with van der Waals surface area (Å²) in [6.07, 6.45) is -5.08. The van der Waals surface area contributed by atoms with E-state index in [-0.39, 0.29) is 18.6 Å². The predicted molar refractivity (Wildman–Crippen MR) is 64.0 cm³/mol. The van der Waals surface area contributed by atoms with E-state index in [0.717, 1.165) is 0 Å². The van der Waals surface area contributed by atoms with E-state index in [0.29, 0.717) is 6.42 Å². The average Bonchev–Trinajstić information content (AvgIpc) is 2.33. The van der Waals surface area contributed by atoms with Crippen molar-refractivity contribution in [1.82, 2.24) is 0 Å². The van der Waals surface area contributed by atoms with Crippen LogP contribution in [0.5, 0.6) is 0 Å². The van der Waals surface area contributed by atoms with E-state index in [2.05, 4.69) is 0 Å². The Labute approximate surface area is 111 Å². The van der Waals surface area contributed by atoms with Gasteiger partial charge in [-0.2, -0.15) is 8.42 Å². The van der Waals surface area contributed by atoms with Gasteiger partial charge in [-0.1, -0.05) is 0 Å². The fraction of sp³-hybridized carbons (Fsp3) is 1.00. The van der Waals surface area contributed by atoms with Crippen LogP contribution in [0.15, 0.2) is 0 Å². The molecule has 1 fully saturated rings. The van der Waals surface area contributed by atoms with Gasteiger partial charge in [-0.3, -0.25) is 4.55 Å². The molecule has 0 aromatic heterocycles. The molecule has 0 spiro atoms. The molecule has 0 aliphatic carbocycles. The molecule has 114 valence electrons. The number of hydrogen-bond donors (Lipinski definition) is 5. The van der Waals surface area contributed by atoms with E-state index in [1.165, 1.54) is 0 Å². The summed E-state index contributed by atoms with van der Waals surface area (Å²) in [7, 11) is -4.01. The van der Waals surface area contributed by atoms with E-state index in [1.54, 1.807) is 0 Å². The van der Waals surface area contributed by atoms with Crippen LogP contribution in [0.1, 0.15) is 19.3 Å². The molecule has 0 amide bonds. The molecule has 1 rings (SSSR count). The van der Waals surface area contributed by atoms with Crippen molar-refractivity contribution in [2.45, 2.75) is 49.8 Å². The van der Waals surface area contributed by atoms with Gasteiger partial charge < -0.3 is 25.2 Å². The maximum absolute atomic E-state index is 10.5. The van der Waals surface area contributed by atoms with Crippen molar-refractivity contribution in [2.75, 3.05) is 12.4 Å². The zero-order valence-electron chi connectivity index (χ0n) is 10.3. The minimum absolute atomic E-state index is 0.188. The summed E-state index contributed by atoms with van der Waals surface area (Å²) in [5.41, 5.74) is 0. The summed E-state index contributed by atoms with van der Waals surface area (Å²) in [4.78, 5) is 0. The van der Waals surface area contributed by atoms with Gasteiger partial charge >= 0.3 is 0 Å². The normalized spacial score (nSPS) is 36.4. The first-order chi connectivity index (χ1) is 8.76. The molecule has 0 bridgehead atoms. The quantitative estimate of drug-likeness (QED) is 0.277. The lowest BCUT2D eigenvalue weighted by molar-refractivity contribution is -0.230. The van der Waals surface area contributed by atoms with Gasteiger partial charge in [0.1, 0.15) is 24.4 Å². The van der Waals surface area contributed by atoms with Crippen molar-refractivity contribution in [1.29, 1.82) is 0 Å². The Hall–Kier alpha value is -0.290. The van der Waals surface area contributed by atoms with Gasteiger partial charge in [0.2, 0.25) is 0 Å². The van der Waals surface area contributed by atoms with Crippen LogP contribution in [-0.4, -0.2) is 76.3 Å². The molecule has 1 aliphatic rings. The van der Waals surface area contributed by atoms with E-state index >= 15 is 0 Å². The fourth-order valence-electron chi connectivity index (χ4n) is 2.05. The zero-order chi connectivity index (χ0) is 14.6. The molecular formula is C10H20O8S. The summed E-state index contributed by atoms with van der Waals surface area (Å²) in [5.74, 6) is -0.385. The van der Waals surface area contributed by atoms with E-state index in [9.17, 15) is 23.7 Å². The van der Waals surface area contributed by atoms with Gasteiger partial charge in [-0.25, -0.2) is 0 Å². The van der Waals surface area contributed by atoms with Crippen LogP contribution in [0.4, 0.5) is 0 Å². The Bertz CT molecular complexity index is 368. The van der Waals surface area contributed by atoms with Crippen molar-refractivity contribution in [3.63, 3.8) is 0 Å². The van der Waals surface area contributed by atoms with Crippen molar-refractivity contribution in [3.8, 4) is 0 Å². The molecule has 1 saturated heterocycles. The van der Waals surface area contributed by atoms with Crippen LogP contribution in [0.3, 0.4) is 0 Å². The molecule has 0 aromatic carbocycles. The number of rotatable bonds is 6. The number of aliphatic hydroxyl groups is 4. The predicted octanol–water partition coefficient (Wildman–Crippen LogP) is -2.11. The lowest BCUT2D eigenvalue weighted by Crippen LogP contribution is -2.58. The first kappa shape index (κ1) is 16.8. The number of hydrogen-bond acceptors (Lipinski definition) is 7. The highest BCUT2D eigenvalue weighted by Crippen LogP contribution is 2.24. The molecule has 1 aliphatic heterocycles. The van der Waals surface area contributed by atoms with Gasteiger partial charge in [0.15, 0.2) is 0 Å². The molecular weight excluding hydrogens is 280 g/mol. The third-order valence-corrected chi connectivity index (χ3v) is 3.94. The lowest BCUT2D eigenvalue weighted by atomic mass is 9.92. The second-order valence-electron chi connectivity index (χ2n) is 4.65. The summed E-state index contributed by atoms with van der Waals surface area (Å²) >= 11 is 0. The van der Waals surface area contributed by atoms with Gasteiger partial charge in [0.05, 0.1) is 18.5 Å². The molecule has 9 heteroatoms. The Kier molecular flexibility index (Phi) is 6.12. The SMILES string of the molecule is O=S(=O)(O)CCCCC1O[C@H](CO)[C@@H](O)[C@H](O)[C@H]1O. The van der Waals surface area contributed by atoms with Gasteiger partial charge in [0.25, 0.3) is 10.1 Å². The maximum Gasteiger partial charge on any atom is 0.264 e. The Morgan fingerprint density at radius 1 is 0.947 bits per heavy atom. The largest absolute Gasteiger partial charge is 0.394 e. The molecule has 0 saturated carbocycles. The van der Waals surface area contributed by atoms with Crippen LogP contribution in [0, 0.1) is 0 Å². The number of ether oxygens (including phenoxy) is 1. The molecule has 5 atom stereocenters. The smallest absolute Gasteiger partial charge is 0.264 e. The fourth-order valence-corrected chi connectivity index (χ4v) is 2.62.